The van der Waals surface area contributed by atoms with Crippen LogP contribution in [0.4, 0.5) is 5.69 Å². The Labute approximate surface area is 102 Å². The summed E-state index contributed by atoms with van der Waals surface area (Å²) in [7, 11) is 0. The fourth-order valence-corrected chi connectivity index (χ4v) is 2.50. The minimum Gasteiger partial charge on any atom is -0.480 e. The van der Waals surface area contributed by atoms with Crippen LogP contribution in [-0.4, -0.2) is 23.7 Å². The molecule has 1 N–H and O–H groups in total. The first-order valence-electron chi connectivity index (χ1n) is 6.31. The SMILES string of the molecule is CCCCC(C(=O)O)N1CCc2ccccc21. The van der Waals surface area contributed by atoms with E-state index in [-0.39, 0.29) is 6.04 Å². The highest BCUT2D eigenvalue weighted by atomic mass is 16.4. The third-order valence-corrected chi connectivity index (χ3v) is 3.42. The van der Waals surface area contributed by atoms with Crippen LogP contribution in [0, 0.1) is 0 Å². The lowest BCUT2D eigenvalue weighted by atomic mass is 10.1. The van der Waals surface area contributed by atoms with E-state index in [0.29, 0.717) is 0 Å². The van der Waals surface area contributed by atoms with Crippen molar-refractivity contribution in [2.45, 2.75) is 38.6 Å². The number of aliphatic carboxylic acids is 1. The standard InChI is InChI=1S/C14H19NO2/c1-2-3-7-13(14(16)17)15-10-9-11-6-4-5-8-12(11)15/h4-6,8,13H,2-3,7,9-10H2,1H3,(H,16,17). The minimum absolute atomic E-state index is 0.362. The zero-order chi connectivity index (χ0) is 12.3. The van der Waals surface area contributed by atoms with Gasteiger partial charge in [-0.1, -0.05) is 38.0 Å². The first-order valence-corrected chi connectivity index (χ1v) is 6.31. The number of nitrogens with zero attached hydrogens (tertiary/aromatic N) is 1. The highest BCUT2D eigenvalue weighted by Crippen LogP contribution is 2.30. The van der Waals surface area contributed by atoms with Crippen LogP contribution in [0.3, 0.4) is 0 Å². The molecule has 17 heavy (non-hydrogen) atoms. The van der Waals surface area contributed by atoms with E-state index in [2.05, 4.69) is 13.0 Å². The summed E-state index contributed by atoms with van der Waals surface area (Å²) < 4.78 is 0. The molecule has 1 heterocycles. The Morgan fingerprint density at radius 1 is 1.47 bits per heavy atom. The van der Waals surface area contributed by atoms with Gasteiger partial charge < -0.3 is 10.0 Å². The van der Waals surface area contributed by atoms with Crippen LogP contribution < -0.4 is 4.90 Å². The molecule has 3 nitrogen and oxygen atoms in total. The van der Waals surface area contributed by atoms with E-state index >= 15 is 0 Å². The first kappa shape index (κ1) is 12.0. The predicted octanol–water partition coefficient (Wildman–Crippen LogP) is 2.69. The molecule has 0 aliphatic carbocycles. The average molecular weight is 233 g/mol. The summed E-state index contributed by atoms with van der Waals surface area (Å²) in [6.07, 6.45) is 3.71. The van der Waals surface area contributed by atoms with Crippen LogP contribution in [0.25, 0.3) is 0 Å². The molecule has 1 aromatic rings. The number of hydrogen-bond acceptors (Lipinski definition) is 2. The van der Waals surface area contributed by atoms with Crippen molar-refractivity contribution in [2.75, 3.05) is 11.4 Å². The van der Waals surface area contributed by atoms with Gasteiger partial charge in [-0.3, -0.25) is 0 Å². The van der Waals surface area contributed by atoms with Crippen molar-refractivity contribution in [3.63, 3.8) is 0 Å². The van der Waals surface area contributed by atoms with E-state index in [1.165, 1.54) is 5.56 Å². The molecule has 0 fully saturated rings. The van der Waals surface area contributed by atoms with Crippen molar-refractivity contribution in [1.82, 2.24) is 0 Å². The Bertz CT molecular complexity index is 403. The van der Waals surface area contributed by atoms with Crippen molar-refractivity contribution in [1.29, 1.82) is 0 Å². The summed E-state index contributed by atoms with van der Waals surface area (Å²) >= 11 is 0. The third kappa shape index (κ3) is 2.43. The number of benzene rings is 1. The molecule has 3 heteroatoms. The predicted molar refractivity (Wildman–Crippen MR) is 68.4 cm³/mol. The molecule has 1 aromatic carbocycles. The minimum atomic E-state index is -0.699. The maximum Gasteiger partial charge on any atom is 0.326 e. The van der Waals surface area contributed by atoms with E-state index in [1.54, 1.807) is 0 Å². The lowest BCUT2D eigenvalue weighted by Gasteiger charge is -2.27. The second-order valence-electron chi connectivity index (χ2n) is 4.57. The molecule has 0 amide bonds. The zero-order valence-corrected chi connectivity index (χ0v) is 10.2. The van der Waals surface area contributed by atoms with Crippen molar-refractivity contribution < 1.29 is 9.90 Å². The quantitative estimate of drug-likeness (QED) is 0.850. The summed E-state index contributed by atoms with van der Waals surface area (Å²) in [4.78, 5) is 13.4. The highest BCUT2D eigenvalue weighted by Gasteiger charge is 2.29. The Hall–Kier alpha value is -1.51. The van der Waals surface area contributed by atoms with Crippen LogP contribution in [-0.2, 0) is 11.2 Å². The Kier molecular flexibility index (Phi) is 3.67. The van der Waals surface area contributed by atoms with Gasteiger partial charge in [0, 0.05) is 12.2 Å². The largest absolute Gasteiger partial charge is 0.480 e. The molecule has 1 aliphatic rings. The van der Waals surface area contributed by atoms with Crippen molar-refractivity contribution in [2.24, 2.45) is 0 Å². The molecular formula is C14H19NO2. The van der Waals surface area contributed by atoms with E-state index in [1.807, 2.05) is 23.1 Å². The van der Waals surface area contributed by atoms with Gasteiger partial charge in [-0.05, 0) is 24.5 Å². The molecular weight excluding hydrogens is 214 g/mol. The lowest BCUT2D eigenvalue weighted by Crippen LogP contribution is -2.40. The molecule has 1 atom stereocenters. The fraction of sp³-hybridized carbons (Fsp3) is 0.500. The smallest absolute Gasteiger partial charge is 0.326 e. The lowest BCUT2D eigenvalue weighted by molar-refractivity contribution is -0.138. The molecule has 92 valence electrons. The first-order chi connectivity index (χ1) is 8.24. The summed E-state index contributed by atoms with van der Waals surface area (Å²) in [5, 5.41) is 9.34. The van der Waals surface area contributed by atoms with Gasteiger partial charge in [-0.25, -0.2) is 4.79 Å². The maximum absolute atomic E-state index is 11.4. The molecule has 0 radical (unpaired) electrons. The molecule has 0 saturated heterocycles. The van der Waals surface area contributed by atoms with Crippen molar-refractivity contribution in [3.05, 3.63) is 29.8 Å². The number of carbonyl (C=O) groups is 1. The third-order valence-electron chi connectivity index (χ3n) is 3.42. The van der Waals surface area contributed by atoms with E-state index < -0.39 is 5.97 Å². The van der Waals surface area contributed by atoms with Crippen LogP contribution in [0.5, 0.6) is 0 Å². The van der Waals surface area contributed by atoms with Gasteiger partial charge in [0.15, 0.2) is 0 Å². The second kappa shape index (κ2) is 5.21. The number of hydrogen-bond donors (Lipinski definition) is 1. The second-order valence-corrected chi connectivity index (χ2v) is 4.57. The zero-order valence-electron chi connectivity index (χ0n) is 10.2. The van der Waals surface area contributed by atoms with Crippen LogP contribution >= 0.6 is 0 Å². The number of rotatable bonds is 5. The Morgan fingerprint density at radius 3 is 2.94 bits per heavy atom. The summed E-state index contributed by atoms with van der Waals surface area (Å²) in [6, 6.07) is 7.76. The molecule has 0 bridgehead atoms. The van der Waals surface area contributed by atoms with Gasteiger partial charge in [0.1, 0.15) is 6.04 Å². The van der Waals surface area contributed by atoms with Gasteiger partial charge in [0.05, 0.1) is 0 Å². The van der Waals surface area contributed by atoms with Gasteiger partial charge >= 0.3 is 5.97 Å². The number of carboxylic acids is 1. The Morgan fingerprint density at radius 2 is 2.24 bits per heavy atom. The maximum atomic E-state index is 11.4. The Balaban J connectivity index is 2.18. The molecule has 0 saturated carbocycles. The van der Waals surface area contributed by atoms with Gasteiger partial charge in [-0.15, -0.1) is 0 Å². The number of carboxylic acid groups (broad SMARTS) is 1. The number of para-hydroxylation sites is 1. The fourth-order valence-electron chi connectivity index (χ4n) is 2.50. The topological polar surface area (TPSA) is 40.5 Å². The molecule has 2 rings (SSSR count). The van der Waals surface area contributed by atoms with Gasteiger partial charge in [0.25, 0.3) is 0 Å². The van der Waals surface area contributed by atoms with Crippen molar-refractivity contribution >= 4 is 11.7 Å². The van der Waals surface area contributed by atoms with Crippen LogP contribution in [0.1, 0.15) is 31.7 Å². The monoisotopic (exact) mass is 233 g/mol. The highest BCUT2D eigenvalue weighted by molar-refractivity contribution is 5.79. The number of unbranched alkanes of at least 4 members (excludes halogenated alkanes) is 1. The van der Waals surface area contributed by atoms with E-state index in [0.717, 1.165) is 37.9 Å². The molecule has 1 aliphatic heterocycles. The number of anilines is 1. The number of fused-ring (bicyclic) bond motifs is 1. The van der Waals surface area contributed by atoms with Crippen LogP contribution in [0.2, 0.25) is 0 Å². The average Bonchev–Trinajstić information content (AvgIpc) is 2.73. The van der Waals surface area contributed by atoms with Gasteiger partial charge in [-0.2, -0.15) is 0 Å². The summed E-state index contributed by atoms with van der Waals surface area (Å²) in [5.74, 6) is -0.699. The van der Waals surface area contributed by atoms with E-state index in [9.17, 15) is 9.90 Å². The van der Waals surface area contributed by atoms with Gasteiger partial charge in [0.2, 0.25) is 0 Å². The summed E-state index contributed by atoms with van der Waals surface area (Å²) in [6.45, 7) is 2.93. The van der Waals surface area contributed by atoms with Crippen molar-refractivity contribution in [3.8, 4) is 0 Å². The molecule has 1 unspecified atom stereocenters. The van der Waals surface area contributed by atoms with E-state index in [4.69, 9.17) is 0 Å². The molecule has 0 spiro atoms. The molecule has 0 aromatic heterocycles. The summed E-state index contributed by atoms with van der Waals surface area (Å²) in [5.41, 5.74) is 2.38. The van der Waals surface area contributed by atoms with Crippen LogP contribution in [0.15, 0.2) is 24.3 Å². The normalized spacial score (nSPS) is 15.7.